The van der Waals surface area contributed by atoms with Gasteiger partial charge in [0.2, 0.25) is 0 Å². The second kappa shape index (κ2) is 11.6. The van der Waals surface area contributed by atoms with E-state index < -0.39 is 5.97 Å². The summed E-state index contributed by atoms with van der Waals surface area (Å²) in [5, 5.41) is 18.1. The third-order valence-corrected chi connectivity index (χ3v) is 7.01. The fraction of sp³-hybridized carbons (Fsp3) is 0.423. The van der Waals surface area contributed by atoms with Gasteiger partial charge in [-0.05, 0) is 48.1 Å². The molecule has 2 unspecified atom stereocenters. The van der Waals surface area contributed by atoms with Crippen LogP contribution in [0.1, 0.15) is 56.2 Å². The number of ether oxygens (including phenoxy) is 1. The number of aliphatic carboxylic acids is 1. The Kier molecular flexibility index (Phi) is 8.51. The third kappa shape index (κ3) is 6.18. The number of hydrogen-bond acceptors (Lipinski definition) is 6. The summed E-state index contributed by atoms with van der Waals surface area (Å²) in [7, 11) is 0. The number of carbonyl (C=O) groups excluding carboxylic acids is 1. The molecule has 0 aromatic heterocycles. The zero-order chi connectivity index (χ0) is 25.8. The molecule has 2 aliphatic rings. The molecule has 1 saturated heterocycles. The van der Waals surface area contributed by atoms with Crippen molar-refractivity contribution in [2.45, 2.75) is 51.1 Å². The Balaban J connectivity index is 1.54. The van der Waals surface area contributed by atoms with Gasteiger partial charge >= 0.3 is 5.97 Å². The van der Waals surface area contributed by atoms with Gasteiger partial charge in [0.15, 0.2) is 0 Å². The maximum Gasteiger partial charge on any atom is 0.329 e. The number of anilines is 1. The number of carbonyl (C=O) groups is 2. The maximum absolute atomic E-state index is 13.3. The summed E-state index contributed by atoms with van der Waals surface area (Å²) in [6.07, 6.45) is 2.09. The number of carboxylic acid groups (broad SMARTS) is 1. The van der Waals surface area contributed by atoms with Crippen LogP contribution in [0.2, 0.25) is 10.0 Å². The van der Waals surface area contributed by atoms with E-state index in [0.717, 1.165) is 18.4 Å². The van der Waals surface area contributed by atoms with Crippen molar-refractivity contribution in [3.8, 4) is 0 Å². The lowest BCUT2D eigenvalue weighted by atomic mass is 9.96. The van der Waals surface area contributed by atoms with Crippen LogP contribution in [-0.4, -0.2) is 53.5 Å². The summed E-state index contributed by atoms with van der Waals surface area (Å²) in [5.41, 5.74) is 6.27. The highest BCUT2D eigenvalue weighted by Gasteiger charge is 2.35. The Hall–Kier alpha value is -2.65. The predicted octanol–water partition coefficient (Wildman–Crippen LogP) is 5.02. The molecule has 2 aromatic rings. The van der Waals surface area contributed by atoms with Crippen LogP contribution in [0.15, 0.2) is 47.6 Å². The molecule has 0 bridgehead atoms. The third-order valence-electron chi connectivity index (χ3n) is 6.47. The van der Waals surface area contributed by atoms with Crippen LogP contribution in [0.25, 0.3) is 0 Å². The van der Waals surface area contributed by atoms with E-state index in [4.69, 9.17) is 38.1 Å². The maximum atomic E-state index is 13.3. The number of hydrazone groups is 1. The summed E-state index contributed by atoms with van der Waals surface area (Å²) in [4.78, 5) is 24.0. The molecule has 0 spiro atoms. The first-order chi connectivity index (χ1) is 17.2. The van der Waals surface area contributed by atoms with Crippen LogP contribution in [0.4, 0.5) is 5.69 Å². The number of nitrogens with one attached hydrogen (secondary N) is 1. The Labute approximate surface area is 220 Å². The summed E-state index contributed by atoms with van der Waals surface area (Å²) in [6.45, 7) is 4.82. The molecule has 8 nitrogen and oxygen atoms in total. The topological polar surface area (TPSA) is 94.5 Å². The smallest absolute Gasteiger partial charge is 0.329 e. The van der Waals surface area contributed by atoms with Gasteiger partial charge in [0.1, 0.15) is 12.3 Å². The van der Waals surface area contributed by atoms with Crippen LogP contribution in [-0.2, 0) is 14.3 Å². The van der Waals surface area contributed by atoms with Gasteiger partial charge in [-0.15, -0.1) is 0 Å². The van der Waals surface area contributed by atoms with E-state index in [1.54, 1.807) is 23.2 Å². The molecular weight excluding hydrogens is 503 g/mol. The van der Waals surface area contributed by atoms with Gasteiger partial charge in [-0.1, -0.05) is 61.3 Å². The van der Waals surface area contributed by atoms with Crippen LogP contribution >= 0.6 is 23.2 Å². The minimum absolute atomic E-state index is 0.0866. The molecule has 2 N–H and O–H groups in total. The summed E-state index contributed by atoms with van der Waals surface area (Å²) in [6, 6.07) is 13.3. The van der Waals surface area contributed by atoms with Gasteiger partial charge in [0.05, 0.1) is 29.4 Å². The van der Waals surface area contributed by atoms with Crippen molar-refractivity contribution in [1.82, 2.24) is 10.4 Å². The van der Waals surface area contributed by atoms with Crippen LogP contribution in [0, 0.1) is 0 Å². The molecule has 10 heteroatoms. The minimum Gasteiger partial charge on any atom is -0.480 e. The average molecular weight is 533 g/mol. The molecular formula is C26H30Cl2N4O4. The highest BCUT2D eigenvalue weighted by molar-refractivity contribution is 6.40. The quantitative estimate of drug-likeness (QED) is 0.470. The van der Waals surface area contributed by atoms with Crippen molar-refractivity contribution >= 4 is 46.5 Å². The summed E-state index contributed by atoms with van der Waals surface area (Å²) in [5.74, 6) is -0.899. The molecule has 1 fully saturated rings. The number of halogens is 2. The second-order valence-corrected chi connectivity index (χ2v) is 10.2. The van der Waals surface area contributed by atoms with Gasteiger partial charge in [-0.3, -0.25) is 15.2 Å². The number of benzene rings is 2. The average Bonchev–Trinajstić information content (AvgIpc) is 3.46. The normalized spacial score (nSPS) is 20.1. The van der Waals surface area contributed by atoms with E-state index >= 15 is 0 Å². The molecule has 0 saturated carbocycles. The van der Waals surface area contributed by atoms with Crippen molar-refractivity contribution < 1.29 is 19.4 Å². The lowest BCUT2D eigenvalue weighted by molar-refractivity contribution is -0.143. The van der Waals surface area contributed by atoms with Crippen molar-refractivity contribution in [3.05, 3.63) is 63.6 Å². The second-order valence-electron chi connectivity index (χ2n) is 9.37. The molecule has 0 aliphatic carbocycles. The van der Waals surface area contributed by atoms with Crippen molar-refractivity contribution in [3.63, 3.8) is 0 Å². The molecule has 2 atom stereocenters. The number of carboxylic acids is 1. The van der Waals surface area contributed by atoms with Gasteiger partial charge < -0.3 is 9.84 Å². The zero-order valence-electron chi connectivity index (χ0n) is 20.3. The lowest BCUT2D eigenvalue weighted by Crippen LogP contribution is -2.49. The van der Waals surface area contributed by atoms with Crippen LogP contribution < -0.4 is 10.4 Å². The van der Waals surface area contributed by atoms with Crippen molar-refractivity contribution in [1.29, 1.82) is 0 Å². The summed E-state index contributed by atoms with van der Waals surface area (Å²) < 4.78 is 5.26. The van der Waals surface area contributed by atoms with E-state index in [9.17, 15) is 9.59 Å². The largest absolute Gasteiger partial charge is 0.480 e. The summed E-state index contributed by atoms with van der Waals surface area (Å²) >= 11 is 12.6. The van der Waals surface area contributed by atoms with E-state index in [1.165, 1.54) is 5.56 Å². The Morgan fingerprint density at radius 2 is 1.94 bits per heavy atom. The van der Waals surface area contributed by atoms with Gasteiger partial charge in [-0.2, -0.15) is 5.10 Å². The van der Waals surface area contributed by atoms with Crippen LogP contribution in [0.5, 0.6) is 0 Å². The number of hydrogen-bond donors (Lipinski definition) is 2. The number of amides is 1. The molecule has 36 heavy (non-hydrogen) atoms. The molecule has 4 rings (SSSR count). The molecule has 2 heterocycles. The van der Waals surface area contributed by atoms with E-state index in [2.05, 4.69) is 43.5 Å². The molecule has 2 aliphatic heterocycles. The highest BCUT2D eigenvalue weighted by Crippen LogP contribution is 2.40. The highest BCUT2D eigenvalue weighted by atomic mass is 35.5. The lowest BCUT2D eigenvalue weighted by Gasteiger charge is -2.25. The van der Waals surface area contributed by atoms with Crippen molar-refractivity contribution in [2.75, 3.05) is 24.8 Å². The van der Waals surface area contributed by atoms with E-state index in [0.29, 0.717) is 40.3 Å². The SMILES string of the molecule is CC(C)c1ccc(C2CC(C(=O)NN3CCCC3COCC(=O)O)=NN2c2ccc(Cl)cc2Cl)cc1. The molecule has 2 aromatic carbocycles. The first kappa shape index (κ1) is 26.4. The Morgan fingerprint density at radius 1 is 1.19 bits per heavy atom. The van der Waals surface area contributed by atoms with Gasteiger partial charge in [0.25, 0.3) is 5.91 Å². The Bertz CT molecular complexity index is 1140. The van der Waals surface area contributed by atoms with E-state index in [-0.39, 0.29) is 31.2 Å². The van der Waals surface area contributed by atoms with E-state index in [1.807, 2.05) is 5.01 Å². The minimum atomic E-state index is -1.02. The van der Waals surface area contributed by atoms with Crippen molar-refractivity contribution in [2.24, 2.45) is 5.10 Å². The predicted molar refractivity (Wildman–Crippen MR) is 141 cm³/mol. The monoisotopic (exact) mass is 532 g/mol. The number of rotatable bonds is 9. The number of hydrazine groups is 1. The zero-order valence-corrected chi connectivity index (χ0v) is 21.8. The molecule has 1 amide bonds. The van der Waals surface area contributed by atoms with Gasteiger partial charge in [-0.25, -0.2) is 9.80 Å². The fourth-order valence-electron chi connectivity index (χ4n) is 4.53. The fourth-order valence-corrected chi connectivity index (χ4v) is 5.03. The Morgan fingerprint density at radius 3 is 2.61 bits per heavy atom. The van der Waals surface area contributed by atoms with Crippen LogP contribution in [0.3, 0.4) is 0 Å². The van der Waals surface area contributed by atoms with Gasteiger partial charge in [0, 0.05) is 18.0 Å². The first-order valence-corrected chi connectivity index (χ1v) is 12.8. The molecule has 0 radical (unpaired) electrons. The standard InChI is InChI=1S/C26H30Cl2N4O4/c1-16(2)17-5-7-18(8-6-17)24-13-22(29-32(24)23-10-9-19(27)12-21(23)28)26(35)30-31-11-3-4-20(31)14-36-15-25(33)34/h5-10,12,16,20,24H,3-4,11,13-15H2,1-2H3,(H,30,35)(H,33,34). The number of nitrogens with zero attached hydrogens (tertiary/aromatic N) is 3. The molecule has 192 valence electrons. The first-order valence-electron chi connectivity index (χ1n) is 12.0.